The number of hydrogen-bond acceptors (Lipinski definition) is 4. The molecule has 0 aromatic carbocycles. The van der Waals surface area contributed by atoms with Crippen LogP contribution in [0.3, 0.4) is 0 Å². The predicted octanol–water partition coefficient (Wildman–Crippen LogP) is 0.0580. The van der Waals surface area contributed by atoms with E-state index in [-0.39, 0.29) is 18.4 Å². The van der Waals surface area contributed by atoms with Gasteiger partial charge >= 0.3 is 0 Å². The minimum atomic E-state index is -0.266. The van der Waals surface area contributed by atoms with Gasteiger partial charge in [0.1, 0.15) is 11.5 Å². The number of hydrogen-bond donors (Lipinski definition) is 2. The Balaban J connectivity index is 1.86. The third-order valence-corrected chi connectivity index (χ3v) is 3.16. The fourth-order valence-corrected chi connectivity index (χ4v) is 2.13. The molecule has 0 spiro atoms. The van der Waals surface area contributed by atoms with Crippen molar-refractivity contribution in [3.8, 4) is 0 Å². The van der Waals surface area contributed by atoms with Crippen LogP contribution in [0, 0.1) is 13.8 Å². The first-order valence-electron chi connectivity index (χ1n) is 6.41. The van der Waals surface area contributed by atoms with Crippen LogP contribution in [0.1, 0.15) is 21.9 Å². The van der Waals surface area contributed by atoms with Gasteiger partial charge in [-0.15, -0.1) is 0 Å². The molecule has 2 heterocycles. The maximum absolute atomic E-state index is 11.9. The van der Waals surface area contributed by atoms with Crippen LogP contribution in [0.5, 0.6) is 0 Å². The predicted molar refractivity (Wildman–Crippen MR) is 70.0 cm³/mol. The molecule has 0 bridgehead atoms. The summed E-state index contributed by atoms with van der Waals surface area (Å²) in [5.41, 5.74) is 0.491. The highest BCUT2D eigenvalue weighted by molar-refractivity contribution is 5.97. The van der Waals surface area contributed by atoms with E-state index in [2.05, 4.69) is 10.6 Å². The second-order valence-corrected chi connectivity index (χ2v) is 4.64. The molecular weight excluding hydrogens is 246 g/mol. The van der Waals surface area contributed by atoms with Crippen LogP contribution in [0.25, 0.3) is 0 Å². The Kier molecular flexibility index (Phi) is 4.21. The van der Waals surface area contributed by atoms with Gasteiger partial charge in [-0.1, -0.05) is 0 Å². The van der Waals surface area contributed by atoms with E-state index < -0.39 is 0 Å². The molecule has 2 rings (SSSR count). The van der Waals surface area contributed by atoms with Crippen LogP contribution in [0.2, 0.25) is 0 Å². The number of piperazine rings is 1. The molecule has 0 unspecified atom stereocenters. The van der Waals surface area contributed by atoms with Gasteiger partial charge in [-0.25, -0.2) is 0 Å². The Bertz CT molecular complexity index is 475. The Labute approximate surface area is 112 Å². The molecule has 1 fully saturated rings. The molecule has 0 saturated carbocycles. The quantitative estimate of drug-likeness (QED) is 0.810. The number of carbonyl (C=O) groups is 2. The molecule has 1 aromatic rings. The van der Waals surface area contributed by atoms with Crippen LogP contribution < -0.4 is 10.6 Å². The minimum Gasteiger partial charge on any atom is -0.466 e. The van der Waals surface area contributed by atoms with Crippen LogP contribution in [-0.2, 0) is 4.79 Å². The van der Waals surface area contributed by atoms with Crippen LogP contribution in [0.15, 0.2) is 10.5 Å². The number of carbonyl (C=O) groups excluding carboxylic acids is 2. The van der Waals surface area contributed by atoms with E-state index in [1.807, 2.05) is 0 Å². The second-order valence-electron chi connectivity index (χ2n) is 4.64. The SMILES string of the molecule is Cc1cc(C(=O)NCC(=O)N2CCNCC2)c(C)o1. The van der Waals surface area contributed by atoms with Crippen LogP contribution in [-0.4, -0.2) is 49.4 Å². The average Bonchev–Trinajstić information content (AvgIpc) is 2.75. The molecule has 104 valence electrons. The van der Waals surface area contributed by atoms with E-state index in [0.29, 0.717) is 30.2 Å². The number of nitrogens with one attached hydrogen (secondary N) is 2. The number of amides is 2. The van der Waals surface area contributed by atoms with Gasteiger partial charge < -0.3 is 20.0 Å². The molecule has 6 heteroatoms. The van der Waals surface area contributed by atoms with Gasteiger partial charge in [0, 0.05) is 26.2 Å². The lowest BCUT2D eigenvalue weighted by Gasteiger charge is -2.27. The molecule has 0 atom stereocenters. The molecule has 1 aliphatic heterocycles. The van der Waals surface area contributed by atoms with E-state index >= 15 is 0 Å². The average molecular weight is 265 g/mol. The fraction of sp³-hybridized carbons (Fsp3) is 0.538. The highest BCUT2D eigenvalue weighted by Crippen LogP contribution is 2.13. The molecule has 0 radical (unpaired) electrons. The van der Waals surface area contributed by atoms with E-state index in [9.17, 15) is 9.59 Å². The van der Waals surface area contributed by atoms with Crippen molar-refractivity contribution < 1.29 is 14.0 Å². The van der Waals surface area contributed by atoms with Crippen molar-refractivity contribution in [3.63, 3.8) is 0 Å². The Morgan fingerprint density at radius 2 is 2.05 bits per heavy atom. The summed E-state index contributed by atoms with van der Waals surface area (Å²) in [7, 11) is 0. The highest BCUT2D eigenvalue weighted by atomic mass is 16.3. The number of furan rings is 1. The summed E-state index contributed by atoms with van der Waals surface area (Å²) < 4.78 is 5.29. The molecule has 0 aliphatic carbocycles. The topological polar surface area (TPSA) is 74.6 Å². The molecule has 2 N–H and O–H groups in total. The molecule has 1 aromatic heterocycles. The number of nitrogens with zero attached hydrogens (tertiary/aromatic N) is 1. The van der Waals surface area contributed by atoms with Crippen molar-refractivity contribution in [3.05, 3.63) is 23.2 Å². The maximum Gasteiger partial charge on any atom is 0.255 e. The van der Waals surface area contributed by atoms with Crippen molar-refractivity contribution in [2.75, 3.05) is 32.7 Å². The van der Waals surface area contributed by atoms with Crippen LogP contribution >= 0.6 is 0 Å². The lowest BCUT2D eigenvalue weighted by Crippen LogP contribution is -2.49. The van der Waals surface area contributed by atoms with Gasteiger partial charge in [0.05, 0.1) is 12.1 Å². The maximum atomic E-state index is 11.9. The lowest BCUT2D eigenvalue weighted by atomic mass is 10.2. The number of rotatable bonds is 3. The van der Waals surface area contributed by atoms with E-state index in [4.69, 9.17) is 4.42 Å². The number of aryl methyl sites for hydroxylation is 2. The van der Waals surface area contributed by atoms with Crippen molar-refractivity contribution in [1.82, 2.24) is 15.5 Å². The second kappa shape index (κ2) is 5.88. The van der Waals surface area contributed by atoms with Crippen LogP contribution in [0.4, 0.5) is 0 Å². The van der Waals surface area contributed by atoms with Gasteiger partial charge in [0.2, 0.25) is 5.91 Å². The largest absolute Gasteiger partial charge is 0.466 e. The first-order valence-corrected chi connectivity index (χ1v) is 6.41. The van der Waals surface area contributed by atoms with Crippen molar-refractivity contribution >= 4 is 11.8 Å². The standard InChI is InChI=1S/C13H19N3O3/c1-9-7-11(10(2)19-9)13(18)15-8-12(17)16-5-3-14-4-6-16/h7,14H,3-6,8H2,1-2H3,(H,15,18). The summed E-state index contributed by atoms with van der Waals surface area (Å²) in [6.07, 6.45) is 0. The summed E-state index contributed by atoms with van der Waals surface area (Å²) in [4.78, 5) is 25.6. The van der Waals surface area contributed by atoms with Gasteiger partial charge in [-0.2, -0.15) is 0 Å². The van der Waals surface area contributed by atoms with Gasteiger partial charge in [-0.05, 0) is 19.9 Å². The summed E-state index contributed by atoms with van der Waals surface area (Å²) in [6.45, 7) is 6.55. The normalized spacial score (nSPS) is 15.4. The third-order valence-electron chi connectivity index (χ3n) is 3.16. The molecule has 1 aliphatic rings. The summed E-state index contributed by atoms with van der Waals surface area (Å²) in [5.74, 6) is 0.950. The van der Waals surface area contributed by atoms with E-state index in [0.717, 1.165) is 13.1 Å². The summed E-state index contributed by atoms with van der Waals surface area (Å²) >= 11 is 0. The monoisotopic (exact) mass is 265 g/mol. The molecule has 19 heavy (non-hydrogen) atoms. The van der Waals surface area contributed by atoms with Gasteiger partial charge in [0.25, 0.3) is 5.91 Å². The molecular formula is C13H19N3O3. The molecule has 6 nitrogen and oxygen atoms in total. The van der Waals surface area contributed by atoms with Gasteiger partial charge in [-0.3, -0.25) is 9.59 Å². The van der Waals surface area contributed by atoms with Crippen molar-refractivity contribution in [2.45, 2.75) is 13.8 Å². The minimum absolute atomic E-state index is 0.0303. The first-order chi connectivity index (χ1) is 9.08. The third kappa shape index (κ3) is 3.35. The first kappa shape index (κ1) is 13.6. The Morgan fingerprint density at radius 3 is 2.63 bits per heavy atom. The molecule has 1 saturated heterocycles. The summed E-state index contributed by atoms with van der Waals surface area (Å²) in [5, 5.41) is 5.82. The zero-order chi connectivity index (χ0) is 13.8. The smallest absolute Gasteiger partial charge is 0.255 e. The van der Waals surface area contributed by atoms with E-state index in [1.165, 1.54) is 0 Å². The molecule has 2 amide bonds. The van der Waals surface area contributed by atoms with Crippen molar-refractivity contribution in [2.24, 2.45) is 0 Å². The zero-order valence-corrected chi connectivity index (χ0v) is 11.3. The van der Waals surface area contributed by atoms with Gasteiger partial charge in [0.15, 0.2) is 0 Å². The summed E-state index contributed by atoms with van der Waals surface area (Å²) in [6, 6.07) is 1.68. The highest BCUT2D eigenvalue weighted by Gasteiger charge is 2.18. The Morgan fingerprint density at radius 1 is 1.37 bits per heavy atom. The van der Waals surface area contributed by atoms with Crippen molar-refractivity contribution in [1.29, 1.82) is 0 Å². The lowest BCUT2D eigenvalue weighted by molar-refractivity contribution is -0.130. The zero-order valence-electron chi connectivity index (χ0n) is 11.3. The Hall–Kier alpha value is -1.82. The fourth-order valence-electron chi connectivity index (χ4n) is 2.13. The van der Waals surface area contributed by atoms with E-state index in [1.54, 1.807) is 24.8 Å².